The van der Waals surface area contributed by atoms with Crippen molar-refractivity contribution in [2.24, 2.45) is 5.92 Å². The molecule has 1 aromatic heterocycles. The molecule has 7 nitrogen and oxygen atoms in total. The number of hydrogen-bond acceptors (Lipinski definition) is 5. The average Bonchev–Trinajstić information content (AvgIpc) is 3.65. The number of aromatic nitrogens is 1. The van der Waals surface area contributed by atoms with Gasteiger partial charge in [-0.3, -0.25) is 9.52 Å². The van der Waals surface area contributed by atoms with Gasteiger partial charge in [-0.1, -0.05) is 36.4 Å². The molecule has 34 heavy (non-hydrogen) atoms. The highest BCUT2D eigenvalue weighted by Gasteiger charge is 2.44. The zero-order valence-electron chi connectivity index (χ0n) is 18.0. The number of nitrogens with zero attached hydrogens (tertiary/aromatic N) is 2. The zero-order chi connectivity index (χ0) is 23.7. The first kappa shape index (κ1) is 21.6. The van der Waals surface area contributed by atoms with Crippen molar-refractivity contribution in [1.82, 2.24) is 4.98 Å². The van der Waals surface area contributed by atoms with Crippen molar-refractivity contribution in [2.45, 2.75) is 17.2 Å². The molecule has 0 saturated heterocycles. The molecule has 1 amide bonds. The van der Waals surface area contributed by atoms with Gasteiger partial charge in [-0.05, 0) is 65.8 Å². The van der Waals surface area contributed by atoms with Crippen molar-refractivity contribution in [2.75, 3.05) is 10.0 Å². The van der Waals surface area contributed by atoms with Crippen LogP contribution in [0, 0.1) is 17.2 Å². The monoisotopic (exact) mass is 468 g/mol. The van der Waals surface area contributed by atoms with Gasteiger partial charge in [0.15, 0.2) is 0 Å². The maximum atomic E-state index is 12.8. The van der Waals surface area contributed by atoms with Crippen LogP contribution < -0.4 is 10.0 Å². The summed E-state index contributed by atoms with van der Waals surface area (Å²) >= 11 is 0. The van der Waals surface area contributed by atoms with Gasteiger partial charge in [-0.2, -0.15) is 5.26 Å². The van der Waals surface area contributed by atoms with Gasteiger partial charge >= 0.3 is 0 Å². The summed E-state index contributed by atoms with van der Waals surface area (Å²) in [6.07, 6.45) is 2.21. The molecule has 0 aliphatic heterocycles. The van der Waals surface area contributed by atoms with Crippen molar-refractivity contribution in [3.05, 3.63) is 96.2 Å². The third kappa shape index (κ3) is 4.34. The van der Waals surface area contributed by atoms with Crippen LogP contribution in [0.2, 0.25) is 0 Å². The molecule has 0 bridgehead atoms. The first-order chi connectivity index (χ1) is 16.4. The van der Waals surface area contributed by atoms with Crippen LogP contribution in [-0.2, 0) is 14.8 Å². The second-order valence-corrected chi connectivity index (χ2v) is 9.86. The van der Waals surface area contributed by atoms with E-state index < -0.39 is 10.0 Å². The lowest BCUT2D eigenvalue weighted by Crippen LogP contribution is -2.15. The van der Waals surface area contributed by atoms with Crippen LogP contribution in [0.1, 0.15) is 23.5 Å². The molecule has 1 aliphatic rings. The number of benzene rings is 3. The van der Waals surface area contributed by atoms with E-state index in [2.05, 4.69) is 21.1 Å². The fourth-order valence-corrected chi connectivity index (χ4v) is 5.06. The van der Waals surface area contributed by atoms with Gasteiger partial charge in [0, 0.05) is 23.2 Å². The lowest BCUT2D eigenvalue weighted by molar-refractivity contribution is -0.117. The standard InChI is InChI=1S/C26H20N4O3S/c27-16-19-5-3-4-17-7-10-20(14-22(17)19)29-26(31)24-15-23(24)18-8-11-21(12-9-18)34(32,33)30-25-6-1-2-13-28-25/h1-14,23-24H,15H2,(H,28,30)(H,29,31)/t23?,24-/m1/s1. The molecule has 1 saturated carbocycles. The topological polar surface area (TPSA) is 112 Å². The molecule has 5 rings (SSSR count). The maximum Gasteiger partial charge on any atom is 0.263 e. The highest BCUT2D eigenvalue weighted by molar-refractivity contribution is 7.92. The molecule has 2 atom stereocenters. The van der Waals surface area contributed by atoms with Crippen LogP contribution in [0.3, 0.4) is 0 Å². The van der Waals surface area contributed by atoms with Crippen LogP contribution in [0.5, 0.6) is 0 Å². The van der Waals surface area contributed by atoms with Crippen molar-refractivity contribution in [3.63, 3.8) is 0 Å². The summed E-state index contributed by atoms with van der Waals surface area (Å²) in [4.78, 5) is 16.9. The number of carbonyl (C=O) groups excluding carboxylic acids is 1. The fraction of sp³-hybridized carbons (Fsp3) is 0.115. The van der Waals surface area contributed by atoms with Gasteiger partial charge in [0.25, 0.3) is 10.0 Å². The van der Waals surface area contributed by atoms with Crippen molar-refractivity contribution >= 4 is 38.2 Å². The minimum atomic E-state index is -3.74. The normalized spacial score (nSPS) is 17.0. The Hall–Kier alpha value is -4.22. The number of amides is 1. The number of sulfonamides is 1. The molecule has 1 unspecified atom stereocenters. The largest absolute Gasteiger partial charge is 0.326 e. The summed E-state index contributed by atoms with van der Waals surface area (Å²) in [5, 5.41) is 14.0. The van der Waals surface area contributed by atoms with E-state index in [1.54, 1.807) is 48.5 Å². The van der Waals surface area contributed by atoms with Crippen molar-refractivity contribution in [1.29, 1.82) is 5.26 Å². The summed E-state index contributed by atoms with van der Waals surface area (Å²) in [6, 6.07) is 24.8. The molecule has 0 spiro atoms. The average molecular weight is 469 g/mol. The second kappa shape index (κ2) is 8.61. The Balaban J connectivity index is 1.26. The van der Waals surface area contributed by atoms with Crippen LogP contribution in [-0.4, -0.2) is 19.3 Å². The predicted octanol–water partition coefficient (Wildman–Crippen LogP) is 4.65. The van der Waals surface area contributed by atoms with E-state index in [1.165, 1.54) is 6.20 Å². The van der Waals surface area contributed by atoms with Crippen LogP contribution in [0.15, 0.2) is 90.0 Å². The number of fused-ring (bicyclic) bond motifs is 1. The molecular formula is C26H20N4O3S. The molecule has 1 fully saturated rings. The second-order valence-electron chi connectivity index (χ2n) is 8.18. The number of pyridine rings is 1. The van der Waals surface area contributed by atoms with E-state index >= 15 is 0 Å². The minimum absolute atomic E-state index is 0.0376. The van der Waals surface area contributed by atoms with Crippen LogP contribution >= 0.6 is 0 Å². The van der Waals surface area contributed by atoms with Crippen molar-refractivity contribution in [3.8, 4) is 6.07 Å². The van der Waals surface area contributed by atoms with Gasteiger partial charge in [0.1, 0.15) is 5.82 Å². The van der Waals surface area contributed by atoms with Gasteiger partial charge in [0.05, 0.1) is 16.5 Å². The van der Waals surface area contributed by atoms with Crippen LogP contribution in [0.4, 0.5) is 11.5 Å². The van der Waals surface area contributed by atoms with E-state index in [4.69, 9.17) is 0 Å². The maximum absolute atomic E-state index is 12.8. The number of nitrogens with one attached hydrogen (secondary N) is 2. The summed E-state index contributed by atoms with van der Waals surface area (Å²) in [6.45, 7) is 0. The summed E-state index contributed by atoms with van der Waals surface area (Å²) in [7, 11) is -3.74. The molecule has 1 heterocycles. The summed E-state index contributed by atoms with van der Waals surface area (Å²) in [5.74, 6) is 0.0139. The summed E-state index contributed by atoms with van der Waals surface area (Å²) in [5.41, 5.74) is 2.13. The molecular weight excluding hydrogens is 448 g/mol. The van der Waals surface area contributed by atoms with Crippen molar-refractivity contribution < 1.29 is 13.2 Å². The smallest absolute Gasteiger partial charge is 0.263 e. The number of hydrogen-bond donors (Lipinski definition) is 2. The highest BCUT2D eigenvalue weighted by atomic mass is 32.2. The third-order valence-corrected chi connectivity index (χ3v) is 7.29. The molecule has 1 aliphatic carbocycles. The van der Waals surface area contributed by atoms with Gasteiger partial charge in [-0.25, -0.2) is 13.4 Å². The molecule has 8 heteroatoms. The van der Waals surface area contributed by atoms with Gasteiger partial charge in [0.2, 0.25) is 5.91 Å². The summed E-state index contributed by atoms with van der Waals surface area (Å²) < 4.78 is 27.6. The van der Waals surface area contributed by atoms with E-state index in [0.717, 1.165) is 16.3 Å². The molecule has 2 N–H and O–H groups in total. The Bertz CT molecular complexity index is 1530. The predicted molar refractivity (Wildman–Crippen MR) is 130 cm³/mol. The number of anilines is 2. The fourth-order valence-electron chi connectivity index (χ4n) is 4.05. The molecule has 0 radical (unpaired) electrons. The third-order valence-electron chi connectivity index (χ3n) is 5.92. The van der Waals surface area contributed by atoms with E-state index in [-0.39, 0.29) is 28.5 Å². The SMILES string of the molecule is N#Cc1cccc2ccc(NC(=O)[C@@H]3CC3c3ccc(S(=O)(=O)Nc4ccccn4)cc3)cc12. The lowest BCUT2D eigenvalue weighted by atomic mass is 10.0. The van der Waals surface area contributed by atoms with E-state index in [9.17, 15) is 18.5 Å². The van der Waals surface area contributed by atoms with E-state index in [1.807, 2.05) is 30.3 Å². The number of nitriles is 1. The Labute approximate surface area is 197 Å². The number of carbonyl (C=O) groups is 1. The molecule has 3 aromatic carbocycles. The first-order valence-electron chi connectivity index (χ1n) is 10.7. The Morgan fingerprint density at radius 2 is 1.82 bits per heavy atom. The molecule has 4 aromatic rings. The van der Waals surface area contributed by atoms with E-state index in [0.29, 0.717) is 17.7 Å². The Kier molecular flexibility index (Phi) is 5.48. The van der Waals surface area contributed by atoms with Crippen LogP contribution in [0.25, 0.3) is 10.8 Å². The molecule has 168 valence electrons. The number of rotatable bonds is 6. The van der Waals surface area contributed by atoms with Gasteiger partial charge < -0.3 is 5.32 Å². The Morgan fingerprint density at radius 1 is 1.00 bits per heavy atom. The Morgan fingerprint density at radius 3 is 2.56 bits per heavy atom. The zero-order valence-corrected chi connectivity index (χ0v) is 18.8. The first-order valence-corrected chi connectivity index (χ1v) is 12.2. The highest BCUT2D eigenvalue weighted by Crippen LogP contribution is 2.48. The minimum Gasteiger partial charge on any atom is -0.326 e. The quantitative estimate of drug-likeness (QED) is 0.428. The van der Waals surface area contributed by atoms with Gasteiger partial charge in [-0.15, -0.1) is 0 Å². The lowest BCUT2D eigenvalue weighted by Gasteiger charge is -2.09.